The summed E-state index contributed by atoms with van der Waals surface area (Å²) in [4.78, 5) is 0. The van der Waals surface area contributed by atoms with Crippen LogP contribution in [0.2, 0.25) is 0 Å². The average molecular weight is 464 g/mol. The molecule has 0 fully saturated rings. The lowest BCUT2D eigenvalue weighted by Gasteiger charge is -2.11. The van der Waals surface area contributed by atoms with Gasteiger partial charge in [0.25, 0.3) is 0 Å². The van der Waals surface area contributed by atoms with E-state index >= 15 is 0 Å². The minimum atomic E-state index is -0.697. The molecule has 4 aromatic rings. The minimum Gasteiger partial charge on any atom is -0.489 e. The predicted molar refractivity (Wildman–Crippen MR) is 145 cm³/mol. The Morgan fingerprint density at radius 2 is 0.971 bits per heavy atom. The molecule has 0 aliphatic heterocycles. The number of benzene rings is 4. The Morgan fingerprint density at radius 1 is 0.571 bits per heavy atom. The van der Waals surface area contributed by atoms with Crippen molar-refractivity contribution in [3.8, 4) is 5.75 Å². The van der Waals surface area contributed by atoms with Gasteiger partial charge in [0.15, 0.2) is 0 Å². The topological polar surface area (TPSA) is 58.9 Å². The second-order valence-corrected chi connectivity index (χ2v) is 8.69. The Bertz CT molecular complexity index is 1190. The van der Waals surface area contributed by atoms with E-state index in [-0.39, 0.29) is 0 Å². The molecule has 0 saturated carbocycles. The molecule has 2 N–H and O–H groups in total. The maximum absolute atomic E-state index is 10.7. The molecule has 0 saturated heterocycles. The first-order chi connectivity index (χ1) is 17.0. The quantitative estimate of drug-likeness (QED) is 0.354. The molecule has 0 bridgehead atoms. The van der Waals surface area contributed by atoms with Crippen LogP contribution in [0.25, 0.3) is 0 Å². The molecule has 0 spiro atoms. The third-order valence-electron chi connectivity index (χ3n) is 6.06. The first kappa shape index (κ1) is 24.8. The van der Waals surface area contributed by atoms with E-state index < -0.39 is 13.8 Å². The predicted octanol–water partition coefficient (Wildman–Crippen LogP) is 2.31. The Balaban J connectivity index is 1.32. The fourth-order valence-corrected chi connectivity index (χ4v) is 3.86. The first-order valence-electron chi connectivity index (χ1n) is 11.9. The monoisotopic (exact) mass is 464 g/mol. The summed E-state index contributed by atoms with van der Waals surface area (Å²) in [7, 11) is 0. The van der Waals surface area contributed by atoms with Crippen molar-refractivity contribution in [2.45, 2.75) is 27.1 Å². The molecule has 0 amide bonds. The Morgan fingerprint density at radius 3 is 1.43 bits per heavy atom. The smallest absolute Gasteiger partial charge is 0.358 e. The van der Waals surface area contributed by atoms with Crippen LogP contribution >= 0.6 is 0 Å². The van der Waals surface area contributed by atoms with Crippen LogP contribution in [0.1, 0.15) is 23.6 Å². The van der Waals surface area contributed by atoms with Crippen molar-refractivity contribution in [2.75, 3.05) is 6.61 Å². The Kier molecular flexibility index (Phi) is 8.43. The highest BCUT2D eigenvalue weighted by atomic mass is 16.5. The number of ether oxygens (including phenoxy) is 2. The minimum absolute atomic E-state index is 0.421. The highest BCUT2D eigenvalue weighted by Gasteiger charge is 2.18. The second-order valence-electron chi connectivity index (χ2n) is 8.69. The molecule has 0 unspecified atom stereocenters. The highest BCUT2D eigenvalue weighted by molar-refractivity contribution is 6.79. The zero-order valence-corrected chi connectivity index (χ0v) is 20.2. The van der Waals surface area contributed by atoms with E-state index in [1.165, 1.54) is 5.56 Å². The van der Waals surface area contributed by atoms with E-state index in [0.717, 1.165) is 38.7 Å². The van der Waals surface area contributed by atoms with Crippen LogP contribution in [0.5, 0.6) is 5.75 Å². The molecule has 4 rings (SSSR count). The van der Waals surface area contributed by atoms with Crippen LogP contribution < -0.4 is 26.6 Å². The van der Waals surface area contributed by atoms with Gasteiger partial charge in [-0.3, -0.25) is 0 Å². The lowest BCUT2D eigenvalue weighted by atomic mass is 9.56. The molecule has 35 heavy (non-hydrogen) atoms. The summed E-state index contributed by atoms with van der Waals surface area (Å²) >= 11 is 0. The third kappa shape index (κ3) is 6.64. The average Bonchev–Trinajstić information content (AvgIpc) is 2.91. The van der Waals surface area contributed by atoms with Crippen molar-refractivity contribution < 1.29 is 19.5 Å². The summed E-state index contributed by atoms with van der Waals surface area (Å²) in [6, 6.07) is 31.1. The van der Waals surface area contributed by atoms with Crippen LogP contribution in [0.15, 0.2) is 97.1 Å². The van der Waals surface area contributed by atoms with Gasteiger partial charge in [-0.2, -0.15) is 0 Å². The number of rotatable bonds is 10. The summed E-state index contributed by atoms with van der Waals surface area (Å²) in [5.74, 6) is 0.733. The van der Waals surface area contributed by atoms with Gasteiger partial charge in [0, 0.05) is 6.61 Å². The van der Waals surface area contributed by atoms with Crippen molar-refractivity contribution in [3.63, 3.8) is 0 Å². The van der Waals surface area contributed by atoms with Gasteiger partial charge in [0.2, 0.25) is 0 Å². The van der Waals surface area contributed by atoms with Gasteiger partial charge in [0.1, 0.15) is 12.4 Å². The zero-order chi connectivity index (χ0) is 24.6. The van der Waals surface area contributed by atoms with E-state index in [2.05, 4.69) is 0 Å². The molecule has 0 radical (unpaired) electrons. The van der Waals surface area contributed by atoms with Crippen molar-refractivity contribution >= 4 is 35.7 Å². The van der Waals surface area contributed by atoms with E-state index in [1.807, 2.05) is 111 Å². The van der Waals surface area contributed by atoms with Crippen LogP contribution in [0.3, 0.4) is 0 Å². The number of hydrogen-bond donors (Lipinski definition) is 2. The van der Waals surface area contributed by atoms with Crippen molar-refractivity contribution in [3.05, 3.63) is 114 Å². The fraction of sp³-hybridized carbons (Fsp3) is 0.172. The fourth-order valence-electron chi connectivity index (χ4n) is 3.86. The molecule has 0 aromatic heterocycles. The standard InChI is InChI=1S/C29H30B2O4/c1-3-34-20-23-6-12-26(13-7-23)31(33)28-16-18-29(19-17-28)35-21-24-8-14-27(15-9-24)30(32)25-10-4-22(2)5-11-25/h4-19,32-33H,3,20-21H2,1-2H3. The zero-order valence-electron chi connectivity index (χ0n) is 20.2. The first-order valence-corrected chi connectivity index (χ1v) is 11.9. The maximum atomic E-state index is 10.7. The van der Waals surface area contributed by atoms with E-state index in [4.69, 9.17) is 9.47 Å². The lowest BCUT2D eigenvalue weighted by Crippen LogP contribution is -2.42. The van der Waals surface area contributed by atoms with Crippen molar-refractivity contribution in [2.24, 2.45) is 0 Å². The van der Waals surface area contributed by atoms with Crippen LogP contribution in [0.4, 0.5) is 0 Å². The van der Waals surface area contributed by atoms with Gasteiger partial charge >= 0.3 is 13.8 Å². The summed E-state index contributed by atoms with van der Waals surface area (Å²) < 4.78 is 11.3. The summed E-state index contributed by atoms with van der Waals surface area (Å²) in [6.07, 6.45) is 0. The Labute approximate surface area is 208 Å². The van der Waals surface area contributed by atoms with E-state index in [9.17, 15) is 10.0 Å². The summed E-state index contributed by atoms with van der Waals surface area (Å²) in [5.41, 5.74) is 6.65. The second kappa shape index (κ2) is 11.9. The van der Waals surface area contributed by atoms with Gasteiger partial charge in [-0.1, -0.05) is 90.5 Å². The Hall–Kier alpha value is -3.31. The molecule has 0 aliphatic carbocycles. The van der Waals surface area contributed by atoms with E-state index in [0.29, 0.717) is 19.8 Å². The molecule has 4 aromatic carbocycles. The van der Waals surface area contributed by atoms with Gasteiger partial charge in [-0.15, -0.1) is 0 Å². The molecule has 6 heteroatoms. The molecule has 4 nitrogen and oxygen atoms in total. The largest absolute Gasteiger partial charge is 0.489 e. The molecule has 0 heterocycles. The van der Waals surface area contributed by atoms with Crippen LogP contribution in [-0.2, 0) is 18.0 Å². The van der Waals surface area contributed by atoms with Gasteiger partial charge in [-0.05, 0) is 59.0 Å². The van der Waals surface area contributed by atoms with Gasteiger partial charge in [-0.25, -0.2) is 0 Å². The molecule has 0 atom stereocenters. The number of hydrogen-bond acceptors (Lipinski definition) is 4. The molecular formula is C29H30B2O4. The van der Waals surface area contributed by atoms with E-state index in [1.54, 1.807) is 0 Å². The molecule has 176 valence electrons. The normalized spacial score (nSPS) is 10.7. The number of aryl methyl sites for hydroxylation is 1. The third-order valence-corrected chi connectivity index (χ3v) is 6.06. The molecule has 0 aliphatic rings. The summed E-state index contributed by atoms with van der Waals surface area (Å²) in [6.45, 7) is 4.34. The van der Waals surface area contributed by atoms with Crippen molar-refractivity contribution in [1.82, 2.24) is 0 Å². The lowest BCUT2D eigenvalue weighted by molar-refractivity contribution is 0.134. The van der Waals surface area contributed by atoms with Gasteiger partial charge in [0.05, 0.1) is 6.61 Å². The van der Waals surface area contributed by atoms with Gasteiger partial charge < -0.3 is 19.5 Å². The van der Waals surface area contributed by atoms with Crippen LogP contribution in [0, 0.1) is 6.92 Å². The SMILES string of the molecule is CCOCc1ccc(B(O)c2ccc(OCc3ccc(B(O)c4ccc(C)cc4)cc3)cc2)cc1. The van der Waals surface area contributed by atoms with Crippen molar-refractivity contribution in [1.29, 1.82) is 0 Å². The van der Waals surface area contributed by atoms with Crippen LogP contribution in [-0.4, -0.2) is 30.5 Å². The summed E-state index contributed by atoms with van der Waals surface area (Å²) in [5, 5.41) is 21.4. The highest BCUT2D eigenvalue weighted by Crippen LogP contribution is 2.11. The molecular weight excluding hydrogens is 434 g/mol. The maximum Gasteiger partial charge on any atom is 0.358 e.